The van der Waals surface area contributed by atoms with Gasteiger partial charge < -0.3 is 9.47 Å². The molecule has 2 rings (SSSR count). The summed E-state index contributed by atoms with van der Waals surface area (Å²) in [6, 6.07) is 5.82. The van der Waals surface area contributed by atoms with Crippen LogP contribution in [-0.2, 0) is 16.1 Å². The zero-order valence-electron chi connectivity index (χ0n) is 12.0. The van der Waals surface area contributed by atoms with E-state index >= 15 is 0 Å². The molecule has 1 amide bonds. The third-order valence-corrected chi connectivity index (χ3v) is 2.96. The highest BCUT2D eigenvalue weighted by molar-refractivity contribution is 5.96. The number of amidine groups is 1. The molecule has 0 fully saturated rings. The molecule has 1 aliphatic rings. The van der Waals surface area contributed by atoms with E-state index in [1.165, 1.54) is 24.1 Å². The lowest BCUT2D eigenvalue weighted by molar-refractivity contribution is -0.384. The molecule has 1 aromatic carbocycles. The summed E-state index contributed by atoms with van der Waals surface area (Å²) < 4.78 is 10.2. The lowest BCUT2D eigenvalue weighted by Crippen LogP contribution is -2.43. The summed E-state index contributed by atoms with van der Waals surface area (Å²) in [5.74, 6) is 0.495. The summed E-state index contributed by atoms with van der Waals surface area (Å²) in [6.07, 6.45) is 2.38. The zero-order chi connectivity index (χ0) is 15.9. The minimum absolute atomic E-state index is 0.00942. The molecule has 116 valence electrons. The van der Waals surface area contributed by atoms with Gasteiger partial charge in [0, 0.05) is 38.8 Å². The van der Waals surface area contributed by atoms with Gasteiger partial charge in [0.25, 0.3) is 5.69 Å². The molecule has 0 saturated heterocycles. The number of carbonyl (C=O) groups excluding carboxylic acids is 1. The fraction of sp³-hybridized carbons (Fsp3) is 0.357. The predicted molar refractivity (Wildman–Crippen MR) is 77.4 cm³/mol. The average Bonchev–Trinajstić information content (AvgIpc) is 2.54. The molecule has 0 N–H and O–H groups in total. The van der Waals surface area contributed by atoms with Crippen molar-refractivity contribution < 1.29 is 19.2 Å². The monoisotopic (exact) mass is 305 g/mol. The van der Waals surface area contributed by atoms with Crippen LogP contribution in [0.2, 0.25) is 0 Å². The first-order valence-corrected chi connectivity index (χ1v) is 6.52. The number of rotatable bonds is 5. The fourth-order valence-electron chi connectivity index (χ4n) is 1.85. The smallest absolute Gasteiger partial charge is 0.415 e. The highest BCUT2D eigenvalue weighted by Crippen LogP contribution is 2.13. The van der Waals surface area contributed by atoms with Gasteiger partial charge in [-0.15, -0.1) is 0 Å². The van der Waals surface area contributed by atoms with E-state index in [0.717, 1.165) is 0 Å². The number of amides is 1. The van der Waals surface area contributed by atoms with Crippen LogP contribution in [0.15, 0.2) is 29.3 Å². The van der Waals surface area contributed by atoms with Crippen LogP contribution in [0.3, 0.4) is 0 Å². The van der Waals surface area contributed by atoms with E-state index in [0.29, 0.717) is 24.5 Å². The Morgan fingerprint density at radius 1 is 1.41 bits per heavy atom. The molecule has 0 bridgehead atoms. The van der Waals surface area contributed by atoms with E-state index in [1.807, 2.05) is 0 Å². The number of benzene rings is 1. The topological polar surface area (TPSA) is 94.3 Å². The van der Waals surface area contributed by atoms with Crippen LogP contribution in [0, 0.1) is 16.5 Å². The molecule has 0 aliphatic carbocycles. The molecule has 1 aliphatic heterocycles. The molecule has 1 aromatic rings. The highest BCUT2D eigenvalue weighted by Gasteiger charge is 2.23. The van der Waals surface area contributed by atoms with Crippen LogP contribution in [-0.4, -0.2) is 48.6 Å². The molecule has 0 atom stereocenters. The summed E-state index contributed by atoms with van der Waals surface area (Å²) in [5, 5.41) is 10.6. The molecule has 0 unspecified atom stereocenters. The van der Waals surface area contributed by atoms with Crippen molar-refractivity contribution in [3.05, 3.63) is 46.4 Å². The maximum Gasteiger partial charge on any atom is 0.415 e. The molecule has 22 heavy (non-hydrogen) atoms. The van der Waals surface area contributed by atoms with Gasteiger partial charge in [-0.3, -0.25) is 20.0 Å². The van der Waals surface area contributed by atoms with Gasteiger partial charge in [0.05, 0.1) is 4.92 Å². The van der Waals surface area contributed by atoms with Crippen LogP contribution in [0.5, 0.6) is 0 Å². The number of methoxy groups -OCH3 is 1. The number of non-ortho nitro benzene ring substituents is 1. The Balaban J connectivity index is 1.93. The van der Waals surface area contributed by atoms with Crippen molar-refractivity contribution >= 4 is 17.6 Å². The van der Waals surface area contributed by atoms with E-state index < -0.39 is 11.0 Å². The Bertz CT molecular complexity index is 570. The molecule has 0 aromatic heterocycles. The average molecular weight is 305 g/mol. The van der Waals surface area contributed by atoms with E-state index in [9.17, 15) is 14.9 Å². The fourth-order valence-corrected chi connectivity index (χ4v) is 1.85. The standard InChI is InChI=1S/C14H15N3O5/c1-21-10-13-15-7-2-8-16(13)14(18)22-9-11-3-5-12(6-4-11)17(19)20/h3-6H,7-10H2,1H3. The van der Waals surface area contributed by atoms with E-state index in [1.54, 1.807) is 12.1 Å². The van der Waals surface area contributed by atoms with E-state index in [4.69, 9.17) is 9.47 Å². The molecule has 0 spiro atoms. The Hall–Kier alpha value is -2.48. The normalized spacial score (nSPS) is 14.4. The van der Waals surface area contributed by atoms with Crippen LogP contribution >= 0.6 is 0 Å². The van der Waals surface area contributed by atoms with Crippen LogP contribution in [0.25, 0.3) is 0 Å². The van der Waals surface area contributed by atoms with Crippen molar-refractivity contribution in [1.82, 2.24) is 4.90 Å². The maximum atomic E-state index is 12.1. The SMILES string of the molecule is COCC1=NC[C]CN1C(=O)OCc1ccc([N+](=O)[O-])cc1. The Kier molecular flexibility index (Phi) is 5.42. The Morgan fingerprint density at radius 3 is 2.77 bits per heavy atom. The molecular weight excluding hydrogens is 290 g/mol. The molecular formula is C14H15N3O5. The van der Waals surface area contributed by atoms with Gasteiger partial charge in [-0.25, -0.2) is 4.79 Å². The third kappa shape index (κ3) is 4.01. The molecule has 8 nitrogen and oxygen atoms in total. The Labute approximate surface area is 127 Å². The van der Waals surface area contributed by atoms with Crippen molar-refractivity contribution in [2.24, 2.45) is 4.99 Å². The minimum Gasteiger partial charge on any atom is -0.444 e. The van der Waals surface area contributed by atoms with Gasteiger partial charge in [0.2, 0.25) is 0 Å². The summed E-state index contributed by atoms with van der Waals surface area (Å²) in [5.41, 5.74) is 0.652. The van der Waals surface area contributed by atoms with Gasteiger partial charge >= 0.3 is 6.09 Å². The first-order valence-electron chi connectivity index (χ1n) is 6.52. The minimum atomic E-state index is -0.554. The van der Waals surface area contributed by atoms with Gasteiger partial charge in [0.15, 0.2) is 0 Å². The van der Waals surface area contributed by atoms with Crippen molar-refractivity contribution in [3.63, 3.8) is 0 Å². The second kappa shape index (κ2) is 7.51. The Morgan fingerprint density at radius 2 is 2.14 bits per heavy atom. The van der Waals surface area contributed by atoms with Crippen molar-refractivity contribution in [2.75, 3.05) is 26.8 Å². The van der Waals surface area contributed by atoms with Gasteiger partial charge in [-0.05, 0) is 17.7 Å². The quantitative estimate of drug-likeness (QED) is 0.609. The summed E-state index contributed by atoms with van der Waals surface area (Å²) in [7, 11) is 1.52. The van der Waals surface area contributed by atoms with Crippen LogP contribution in [0.4, 0.5) is 10.5 Å². The first kappa shape index (κ1) is 15.9. The highest BCUT2D eigenvalue weighted by atomic mass is 16.6. The number of nitrogens with zero attached hydrogens (tertiary/aromatic N) is 3. The van der Waals surface area contributed by atoms with E-state index in [-0.39, 0.29) is 18.9 Å². The van der Waals surface area contributed by atoms with Crippen molar-refractivity contribution in [1.29, 1.82) is 0 Å². The second-order valence-electron chi connectivity index (χ2n) is 4.48. The van der Waals surface area contributed by atoms with Gasteiger partial charge in [-0.2, -0.15) is 0 Å². The van der Waals surface area contributed by atoms with Crippen molar-refractivity contribution in [3.8, 4) is 0 Å². The lowest BCUT2D eigenvalue weighted by atomic mass is 10.2. The summed E-state index contributed by atoms with van der Waals surface area (Å²) >= 11 is 0. The second-order valence-corrected chi connectivity index (χ2v) is 4.48. The summed E-state index contributed by atoms with van der Waals surface area (Å²) in [4.78, 5) is 27.6. The maximum absolute atomic E-state index is 12.1. The number of aliphatic imine (C=N–C) groups is 1. The number of nitro benzene ring substituents is 1. The number of carbonyl (C=O) groups is 1. The predicted octanol–water partition coefficient (Wildman–Crippen LogP) is 1.67. The number of nitro groups is 1. The van der Waals surface area contributed by atoms with Crippen LogP contribution in [0.1, 0.15) is 5.56 Å². The summed E-state index contributed by atoms with van der Waals surface area (Å²) in [6.45, 7) is 0.952. The lowest BCUT2D eigenvalue weighted by Gasteiger charge is -2.26. The number of hydrogen-bond acceptors (Lipinski definition) is 6. The number of ether oxygens (including phenoxy) is 2. The van der Waals surface area contributed by atoms with Crippen LogP contribution < -0.4 is 0 Å². The van der Waals surface area contributed by atoms with Gasteiger partial charge in [-0.1, -0.05) is 0 Å². The molecule has 2 radical (unpaired) electrons. The van der Waals surface area contributed by atoms with E-state index in [2.05, 4.69) is 11.4 Å². The molecule has 1 heterocycles. The zero-order valence-corrected chi connectivity index (χ0v) is 12.0. The first-order chi connectivity index (χ1) is 10.6. The number of hydrogen-bond donors (Lipinski definition) is 0. The molecule has 0 saturated carbocycles. The van der Waals surface area contributed by atoms with Gasteiger partial charge in [0.1, 0.15) is 19.0 Å². The third-order valence-electron chi connectivity index (χ3n) is 2.96. The van der Waals surface area contributed by atoms with Crippen molar-refractivity contribution in [2.45, 2.75) is 6.61 Å². The molecule has 8 heteroatoms. The largest absolute Gasteiger partial charge is 0.444 e.